The Labute approximate surface area is 78.7 Å². The molecule has 0 radical (unpaired) electrons. The van der Waals surface area contributed by atoms with Crippen LogP contribution in [-0.4, -0.2) is 56.7 Å². The van der Waals surface area contributed by atoms with Crippen molar-refractivity contribution in [2.45, 2.75) is 24.4 Å². The van der Waals surface area contributed by atoms with Crippen LogP contribution in [0.1, 0.15) is 0 Å². The molecule has 0 bridgehead atoms. The highest BCUT2D eigenvalue weighted by Gasteiger charge is 2.35. The Morgan fingerprint density at radius 2 is 1.00 bits per heavy atom. The third kappa shape index (κ3) is 2.92. The highest BCUT2D eigenvalue weighted by molar-refractivity contribution is 5.81. The van der Waals surface area contributed by atoms with Crippen LogP contribution in [0.5, 0.6) is 0 Å². The summed E-state index contributed by atoms with van der Waals surface area (Å²) in [6, 6.07) is 0. The maximum absolute atomic E-state index is 10.3. The molecule has 0 aliphatic carbocycles. The fourth-order valence-corrected chi connectivity index (χ4v) is 0.710. The number of aliphatic hydroxyl groups is 4. The van der Waals surface area contributed by atoms with Gasteiger partial charge in [0.1, 0.15) is 12.2 Å². The smallest absolute Gasteiger partial charge is 0.249 e. The van der Waals surface area contributed by atoms with E-state index in [1.807, 2.05) is 0 Å². The number of rotatable bonds is 5. The molecule has 8 N–H and O–H groups in total. The maximum Gasteiger partial charge on any atom is 0.249 e. The van der Waals surface area contributed by atoms with Crippen molar-refractivity contribution in [3.63, 3.8) is 0 Å². The lowest BCUT2D eigenvalue weighted by atomic mass is 10.0. The third-order valence-electron chi connectivity index (χ3n) is 1.58. The molecule has 0 fully saturated rings. The summed E-state index contributed by atoms with van der Waals surface area (Å²) in [7, 11) is 0. The van der Waals surface area contributed by atoms with Gasteiger partial charge in [-0.2, -0.15) is 0 Å². The average molecular weight is 208 g/mol. The van der Waals surface area contributed by atoms with Gasteiger partial charge in [-0.15, -0.1) is 0 Å². The van der Waals surface area contributed by atoms with Gasteiger partial charge in [0.05, 0.1) is 0 Å². The largest absolute Gasteiger partial charge is 0.387 e. The van der Waals surface area contributed by atoms with Crippen molar-refractivity contribution in [1.82, 2.24) is 0 Å². The van der Waals surface area contributed by atoms with E-state index in [2.05, 4.69) is 11.5 Å². The number of hydrogen-bond donors (Lipinski definition) is 6. The van der Waals surface area contributed by atoms with Crippen molar-refractivity contribution in [3.05, 3.63) is 0 Å². The Balaban J connectivity index is 4.45. The second-order valence-electron chi connectivity index (χ2n) is 2.68. The Morgan fingerprint density at radius 1 is 0.786 bits per heavy atom. The van der Waals surface area contributed by atoms with Gasteiger partial charge in [-0.25, -0.2) is 0 Å². The molecule has 0 aromatic rings. The maximum atomic E-state index is 10.3. The number of aliphatic hydroxyl groups excluding tert-OH is 4. The quantitative estimate of drug-likeness (QED) is 0.266. The number of nitrogens with two attached hydrogens (primary N) is 2. The zero-order valence-corrected chi connectivity index (χ0v) is 7.07. The van der Waals surface area contributed by atoms with Crippen molar-refractivity contribution < 1.29 is 30.0 Å². The minimum atomic E-state index is -2.08. The van der Waals surface area contributed by atoms with Crippen LogP contribution in [0, 0.1) is 0 Å². The zero-order valence-electron chi connectivity index (χ0n) is 7.07. The van der Waals surface area contributed by atoms with E-state index in [1.54, 1.807) is 0 Å². The summed E-state index contributed by atoms with van der Waals surface area (Å²) in [6.45, 7) is 0. The van der Waals surface area contributed by atoms with Crippen LogP contribution in [-0.2, 0) is 9.59 Å². The molecule has 0 unspecified atom stereocenters. The van der Waals surface area contributed by atoms with Gasteiger partial charge >= 0.3 is 0 Å². The van der Waals surface area contributed by atoms with Crippen molar-refractivity contribution in [2.24, 2.45) is 11.5 Å². The summed E-state index contributed by atoms with van der Waals surface area (Å²) in [4.78, 5) is 20.7. The fourth-order valence-electron chi connectivity index (χ4n) is 0.710. The Bertz CT molecular complexity index is 208. The third-order valence-corrected chi connectivity index (χ3v) is 1.58. The van der Waals surface area contributed by atoms with Crippen molar-refractivity contribution in [1.29, 1.82) is 0 Å². The van der Waals surface area contributed by atoms with Crippen LogP contribution >= 0.6 is 0 Å². The molecule has 0 saturated heterocycles. The van der Waals surface area contributed by atoms with Crippen molar-refractivity contribution in [3.8, 4) is 0 Å². The Kier molecular flexibility index (Phi) is 4.44. The lowest BCUT2D eigenvalue weighted by molar-refractivity contribution is -0.152. The molecule has 0 rings (SSSR count). The molecule has 0 aliphatic heterocycles. The predicted octanol–water partition coefficient (Wildman–Crippen LogP) is -4.60. The minimum Gasteiger partial charge on any atom is -0.387 e. The van der Waals surface area contributed by atoms with Crippen molar-refractivity contribution >= 4 is 11.8 Å². The first-order chi connectivity index (χ1) is 6.29. The number of amides is 2. The molecule has 8 nitrogen and oxygen atoms in total. The normalized spacial score (nSPS) is 19.4. The molecule has 0 heterocycles. The van der Waals surface area contributed by atoms with Gasteiger partial charge in [0, 0.05) is 0 Å². The second kappa shape index (κ2) is 4.86. The molecule has 0 aliphatic rings. The first-order valence-electron chi connectivity index (χ1n) is 3.60. The number of carbonyl (C=O) groups is 2. The number of hydrogen-bond acceptors (Lipinski definition) is 6. The van der Waals surface area contributed by atoms with Crippen LogP contribution in [0.4, 0.5) is 0 Å². The molecule has 82 valence electrons. The topological polar surface area (TPSA) is 167 Å². The monoisotopic (exact) mass is 208 g/mol. The average Bonchev–Trinajstić information content (AvgIpc) is 2.12. The highest BCUT2D eigenvalue weighted by Crippen LogP contribution is 2.04. The summed E-state index contributed by atoms with van der Waals surface area (Å²) in [6.07, 6.45) is -8.32. The van der Waals surface area contributed by atoms with Gasteiger partial charge in [-0.3, -0.25) is 9.59 Å². The lowest BCUT2D eigenvalue weighted by Crippen LogP contribution is -2.52. The molecule has 0 saturated carbocycles. The molecule has 4 atom stereocenters. The predicted molar refractivity (Wildman–Crippen MR) is 42.4 cm³/mol. The summed E-state index contributed by atoms with van der Waals surface area (Å²) in [5.74, 6) is -2.60. The lowest BCUT2D eigenvalue weighted by Gasteiger charge is -2.22. The van der Waals surface area contributed by atoms with Gasteiger partial charge in [0.15, 0.2) is 12.2 Å². The van der Waals surface area contributed by atoms with E-state index in [1.165, 1.54) is 0 Å². The van der Waals surface area contributed by atoms with Gasteiger partial charge in [-0.05, 0) is 0 Å². The highest BCUT2D eigenvalue weighted by atomic mass is 16.4. The van der Waals surface area contributed by atoms with E-state index in [9.17, 15) is 9.59 Å². The fraction of sp³-hybridized carbons (Fsp3) is 0.667. The minimum absolute atomic E-state index is 1.30. The Hall–Kier alpha value is -1.22. The van der Waals surface area contributed by atoms with E-state index < -0.39 is 36.2 Å². The van der Waals surface area contributed by atoms with E-state index in [-0.39, 0.29) is 0 Å². The standard InChI is InChI=1S/C6H12N2O6/c7-5(13)3(11)1(9)2(10)4(12)6(8)14/h1-4,9-12H,(H2,7,13)(H2,8,14)/t1-,2-,3-,4+/m0/s1. The first kappa shape index (κ1) is 12.8. The van der Waals surface area contributed by atoms with Gasteiger partial charge < -0.3 is 31.9 Å². The molecular weight excluding hydrogens is 196 g/mol. The van der Waals surface area contributed by atoms with Crippen LogP contribution in [0.25, 0.3) is 0 Å². The van der Waals surface area contributed by atoms with Crippen LogP contribution in [0.3, 0.4) is 0 Å². The molecule has 14 heavy (non-hydrogen) atoms. The molecule has 0 aromatic carbocycles. The summed E-state index contributed by atoms with van der Waals surface area (Å²) < 4.78 is 0. The van der Waals surface area contributed by atoms with Gasteiger partial charge in [-0.1, -0.05) is 0 Å². The Morgan fingerprint density at radius 3 is 1.14 bits per heavy atom. The number of carbonyl (C=O) groups excluding carboxylic acids is 2. The summed E-state index contributed by atoms with van der Waals surface area (Å²) >= 11 is 0. The van der Waals surface area contributed by atoms with E-state index in [0.717, 1.165) is 0 Å². The van der Waals surface area contributed by atoms with E-state index in [0.29, 0.717) is 0 Å². The molecule has 0 aromatic heterocycles. The second-order valence-corrected chi connectivity index (χ2v) is 2.68. The summed E-state index contributed by atoms with van der Waals surface area (Å²) in [5, 5.41) is 35.7. The van der Waals surface area contributed by atoms with Gasteiger partial charge in [0.2, 0.25) is 11.8 Å². The molecular formula is C6H12N2O6. The van der Waals surface area contributed by atoms with Crippen LogP contribution < -0.4 is 11.5 Å². The van der Waals surface area contributed by atoms with Crippen LogP contribution in [0.2, 0.25) is 0 Å². The van der Waals surface area contributed by atoms with Crippen molar-refractivity contribution in [2.75, 3.05) is 0 Å². The van der Waals surface area contributed by atoms with Crippen LogP contribution in [0.15, 0.2) is 0 Å². The molecule has 8 heteroatoms. The molecule has 2 amide bonds. The zero-order chi connectivity index (χ0) is 11.5. The number of primary amides is 2. The van der Waals surface area contributed by atoms with E-state index >= 15 is 0 Å². The SMILES string of the molecule is NC(=O)[C@@H](O)[C@@H](O)[C@H](O)[C@@H](O)C(N)=O. The first-order valence-corrected chi connectivity index (χ1v) is 3.60. The van der Waals surface area contributed by atoms with Gasteiger partial charge in [0.25, 0.3) is 0 Å². The van der Waals surface area contributed by atoms with E-state index in [4.69, 9.17) is 20.4 Å². The molecule has 0 spiro atoms. The summed E-state index contributed by atoms with van der Waals surface area (Å²) in [5.41, 5.74) is 9.19.